The van der Waals surface area contributed by atoms with Crippen molar-refractivity contribution in [3.8, 4) is 5.75 Å². The highest BCUT2D eigenvalue weighted by Gasteiger charge is 2.32. The number of methoxy groups -OCH3 is 1. The molecule has 0 aromatic heterocycles. The topological polar surface area (TPSA) is 64.3 Å². The van der Waals surface area contributed by atoms with Gasteiger partial charge < -0.3 is 15.8 Å². The van der Waals surface area contributed by atoms with E-state index in [1.54, 1.807) is 6.07 Å². The van der Waals surface area contributed by atoms with Gasteiger partial charge in [0.25, 0.3) is 0 Å². The van der Waals surface area contributed by atoms with Gasteiger partial charge in [-0.05, 0) is 37.6 Å². The summed E-state index contributed by atoms with van der Waals surface area (Å²) in [6.07, 6.45) is 1.61. The molecule has 18 heavy (non-hydrogen) atoms. The number of halogens is 1. The molecule has 0 saturated carbocycles. The largest absolute Gasteiger partial charge is 0.496 e. The molecule has 0 aliphatic carbocycles. The minimum atomic E-state index is -0.362. The molecule has 1 amide bonds. The molecule has 4 nitrogen and oxygen atoms in total. The number of amides is 1. The summed E-state index contributed by atoms with van der Waals surface area (Å²) >= 11 is 0. The van der Waals surface area contributed by atoms with Gasteiger partial charge >= 0.3 is 0 Å². The average Bonchev–Trinajstić information content (AvgIpc) is 2.38. The van der Waals surface area contributed by atoms with Gasteiger partial charge in [-0.1, -0.05) is 0 Å². The van der Waals surface area contributed by atoms with Gasteiger partial charge in [0.15, 0.2) is 0 Å². The number of nitrogens with two attached hydrogens (primary N) is 1. The average molecular weight is 252 g/mol. The molecule has 0 bridgehead atoms. The van der Waals surface area contributed by atoms with E-state index >= 15 is 0 Å². The smallest absolute Gasteiger partial charge is 0.222 e. The summed E-state index contributed by atoms with van der Waals surface area (Å²) in [5, 5.41) is 3.22. The zero-order valence-corrected chi connectivity index (χ0v) is 10.3. The molecule has 98 valence electrons. The summed E-state index contributed by atoms with van der Waals surface area (Å²) in [5.41, 5.74) is 6.06. The monoisotopic (exact) mass is 252 g/mol. The number of carbonyl (C=O) groups is 1. The highest BCUT2D eigenvalue weighted by molar-refractivity contribution is 5.78. The van der Waals surface area contributed by atoms with Crippen LogP contribution in [-0.2, 0) is 4.79 Å². The van der Waals surface area contributed by atoms with Crippen LogP contribution in [0.15, 0.2) is 18.2 Å². The summed E-state index contributed by atoms with van der Waals surface area (Å²) < 4.78 is 18.6. The molecule has 1 aromatic rings. The maximum atomic E-state index is 13.4. The molecule has 2 rings (SSSR count). The lowest BCUT2D eigenvalue weighted by Gasteiger charge is -2.31. The van der Waals surface area contributed by atoms with Gasteiger partial charge in [0, 0.05) is 11.6 Å². The molecule has 1 aliphatic rings. The first-order chi connectivity index (χ1) is 8.63. The Labute approximate surface area is 105 Å². The fourth-order valence-corrected chi connectivity index (χ4v) is 2.47. The van der Waals surface area contributed by atoms with Gasteiger partial charge in [-0.2, -0.15) is 0 Å². The van der Waals surface area contributed by atoms with E-state index in [4.69, 9.17) is 10.5 Å². The lowest BCUT2D eigenvalue weighted by molar-refractivity contribution is -0.123. The summed E-state index contributed by atoms with van der Waals surface area (Å²) in [6.45, 7) is 0.786. The van der Waals surface area contributed by atoms with Crippen LogP contribution in [0.3, 0.4) is 0 Å². The molecule has 1 fully saturated rings. The number of rotatable bonds is 3. The van der Waals surface area contributed by atoms with Gasteiger partial charge in [0.2, 0.25) is 5.91 Å². The Balaban J connectivity index is 2.38. The molecular weight excluding hydrogens is 235 g/mol. The van der Waals surface area contributed by atoms with E-state index in [2.05, 4.69) is 5.32 Å². The van der Waals surface area contributed by atoms with E-state index in [9.17, 15) is 9.18 Å². The predicted molar refractivity (Wildman–Crippen MR) is 65.6 cm³/mol. The normalized spacial score (nSPS) is 23.7. The molecular formula is C13H17FN2O2. The van der Waals surface area contributed by atoms with Crippen LogP contribution in [-0.4, -0.2) is 19.6 Å². The molecule has 0 spiro atoms. The number of hydrogen-bond donors (Lipinski definition) is 2. The third kappa shape index (κ3) is 2.46. The van der Waals surface area contributed by atoms with Gasteiger partial charge in [0.1, 0.15) is 11.6 Å². The molecule has 1 aliphatic heterocycles. The van der Waals surface area contributed by atoms with Crippen molar-refractivity contribution >= 4 is 5.91 Å². The molecule has 2 atom stereocenters. The second-order valence-corrected chi connectivity index (χ2v) is 4.47. The van der Waals surface area contributed by atoms with Crippen LogP contribution in [0.5, 0.6) is 5.75 Å². The number of primary amides is 1. The molecule has 5 heteroatoms. The van der Waals surface area contributed by atoms with Crippen molar-refractivity contribution in [2.75, 3.05) is 13.7 Å². The van der Waals surface area contributed by atoms with Crippen LogP contribution >= 0.6 is 0 Å². The highest BCUT2D eigenvalue weighted by atomic mass is 19.1. The molecule has 1 saturated heterocycles. The lowest BCUT2D eigenvalue weighted by atomic mass is 9.85. The summed E-state index contributed by atoms with van der Waals surface area (Å²) in [4.78, 5) is 11.5. The molecule has 2 unspecified atom stereocenters. The van der Waals surface area contributed by atoms with Crippen LogP contribution in [0, 0.1) is 11.7 Å². The Morgan fingerprint density at radius 3 is 3.00 bits per heavy atom. The second kappa shape index (κ2) is 5.35. The maximum absolute atomic E-state index is 13.4. The third-order valence-corrected chi connectivity index (χ3v) is 3.35. The Kier molecular flexibility index (Phi) is 3.81. The van der Waals surface area contributed by atoms with E-state index in [-0.39, 0.29) is 23.7 Å². The first-order valence-corrected chi connectivity index (χ1v) is 5.99. The number of benzene rings is 1. The number of hydrogen-bond acceptors (Lipinski definition) is 3. The Hall–Kier alpha value is -1.62. The first kappa shape index (κ1) is 12.8. The molecule has 0 radical (unpaired) electrons. The Morgan fingerprint density at radius 1 is 1.56 bits per heavy atom. The number of nitrogens with one attached hydrogen (secondary N) is 1. The van der Waals surface area contributed by atoms with Crippen molar-refractivity contribution < 1.29 is 13.9 Å². The number of ether oxygens (including phenoxy) is 1. The van der Waals surface area contributed by atoms with E-state index in [0.29, 0.717) is 17.7 Å². The minimum absolute atomic E-state index is 0.276. The summed E-state index contributed by atoms with van der Waals surface area (Å²) in [5.74, 6) is -0.462. The number of piperidine rings is 1. The van der Waals surface area contributed by atoms with Crippen molar-refractivity contribution in [1.82, 2.24) is 5.32 Å². The van der Waals surface area contributed by atoms with Crippen LogP contribution in [0.1, 0.15) is 24.4 Å². The van der Waals surface area contributed by atoms with Crippen LogP contribution in [0.25, 0.3) is 0 Å². The third-order valence-electron chi connectivity index (χ3n) is 3.35. The van der Waals surface area contributed by atoms with E-state index in [1.807, 2.05) is 0 Å². The van der Waals surface area contributed by atoms with Crippen LogP contribution in [0.4, 0.5) is 4.39 Å². The second-order valence-electron chi connectivity index (χ2n) is 4.47. The highest BCUT2D eigenvalue weighted by Crippen LogP contribution is 2.34. The van der Waals surface area contributed by atoms with Gasteiger partial charge in [-0.15, -0.1) is 0 Å². The van der Waals surface area contributed by atoms with E-state index < -0.39 is 0 Å². The quantitative estimate of drug-likeness (QED) is 0.853. The fourth-order valence-electron chi connectivity index (χ4n) is 2.47. The molecule has 1 aromatic carbocycles. The van der Waals surface area contributed by atoms with Crippen molar-refractivity contribution in [3.05, 3.63) is 29.6 Å². The summed E-state index contributed by atoms with van der Waals surface area (Å²) in [6, 6.07) is 4.03. The van der Waals surface area contributed by atoms with Crippen LogP contribution < -0.4 is 15.8 Å². The zero-order chi connectivity index (χ0) is 13.1. The van der Waals surface area contributed by atoms with Crippen molar-refractivity contribution in [2.24, 2.45) is 11.7 Å². The van der Waals surface area contributed by atoms with Gasteiger partial charge in [0.05, 0.1) is 13.0 Å². The van der Waals surface area contributed by atoms with Gasteiger partial charge in [-0.25, -0.2) is 4.39 Å². The predicted octanol–water partition coefficient (Wildman–Crippen LogP) is 1.36. The zero-order valence-electron chi connectivity index (χ0n) is 10.3. The lowest BCUT2D eigenvalue weighted by Crippen LogP contribution is -2.41. The fraction of sp³-hybridized carbons (Fsp3) is 0.462. The number of carbonyl (C=O) groups excluding carboxylic acids is 1. The minimum Gasteiger partial charge on any atom is -0.496 e. The van der Waals surface area contributed by atoms with Gasteiger partial charge in [-0.3, -0.25) is 4.79 Å². The molecule has 3 N–H and O–H groups in total. The molecule has 1 heterocycles. The SMILES string of the molecule is COc1ccc(F)cc1C1NCCCC1C(N)=O. The Bertz CT molecular complexity index is 451. The van der Waals surface area contributed by atoms with Crippen molar-refractivity contribution in [1.29, 1.82) is 0 Å². The van der Waals surface area contributed by atoms with Crippen LogP contribution in [0.2, 0.25) is 0 Å². The standard InChI is InChI=1S/C13H17FN2O2/c1-18-11-5-4-8(14)7-10(11)12-9(13(15)17)3-2-6-16-12/h4-5,7,9,12,16H,2-3,6H2,1H3,(H2,15,17). The van der Waals surface area contributed by atoms with Crippen molar-refractivity contribution in [3.63, 3.8) is 0 Å². The maximum Gasteiger partial charge on any atom is 0.222 e. The first-order valence-electron chi connectivity index (χ1n) is 5.99. The Morgan fingerprint density at radius 2 is 2.33 bits per heavy atom. The van der Waals surface area contributed by atoms with E-state index in [1.165, 1.54) is 19.2 Å². The van der Waals surface area contributed by atoms with Crippen molar-refractivity contribution in [2.45, 2.75) is 18.9 Å². The van der Waals surface area contributed by atoms with E-state index in [0.717, 1.165) is 13.0 Å². The summed E-state index contributed by atoms with van der Waals surface area (Å²) in [7, 11) is 1.53.